The lowest BCUT2D eigenvalue weighted by molar-refractivity contribution is -0.120. The molecule has 1 atom stereocenters. The van der Waals surface area contributed by atoms with E-state index in [1.54, 1.807) is 18.2 Å². The third-order valence-electron chi connectivity index (χ3n) is 3.91. The maximum absolute atomic E-state index is 12.2. The van der Waals surface area contributed by atoms with Gasteiger partial charge >= 0.3 is 6.03 Å². The van der Waals surface area contributed by atoms with Crippen LogP contribution in [-0.2, 0) is 4.79 Å². The molecule has 24 heavy (non-hydrogen) atoms. The molecule has 1 fully saturated rings. The van der Waals surface area contributed by atoms with E-state index in [2.05, 4.69) is 25.9 Å². The number of benzene rings is 1. The van der Waals surface area contributed by atoms with Gasteiger partial charge in [-0.3, -0.25) is 14.9 Å². The number of hydrogen-bond donors (Lipinski definition) is 3. The van der Waals surface area contributed by atoms with E-state index in [1.807, 2.05) is 13.8 Å². The van der Waals surface area contributed by atoms with Gasteiger partial charge in [-0.2, -0.15) is 0 Å². The number of amides is 4. The van der Waals surface area contributed by atoms with Crippen LogP contribution in [0, 0.1) is 13.8 Å². The van der Waals surface area contributed by atoms with Gasteiger partial charge in [0.15, 0.2) is 0 Å². The molecule has 1 unspecified atom stereocenters. The molecule has 1 aliphatic rings. The minimum atomic E-state index is -0.606. The summed E-state index contributed by atoms with van der Waals surface area (Å²) >= 11 is 0. The topological polar surface area (TPSA) is 113 Å². The van der Waals surface area contributed by atoms with Crippen LogP contribution in [0.25, 0.3) is 11.0 Å². The number of rotatable bonds is 4. The van der Waals surface area contributed by atoms with Crippen LogP contribution in [0.2, 0.25) is 0 Å². The number of aryl methyl sites for hydroxylation is 2. The quantitative estimate of drug-likeness (QED) is 0.711. The van der Waals surface area contributed by atoms with Gasteiger partial charge in [-0.25, -0.2) is 14.8 Å². The van der Waals surface area contributed by atoms with Crippen molar-refractivity contribution in [2.24, 2.45) is 0 Å². The van der Waals surface area contributed by atoms with E-state index < -0.39 is 12.1 Å². The first-order valence-corrected chi connectivity index (χ1v) is 7.58. The molecule has 0 spiro atoms. The standard InChI is InChI=1S/C16H17N5O3/c1-8-9(2)19-13-7-10(3-4-11(13)18-8)14(22)17-6-5-12-15(23)21-16(24)20-12/h3-4,7,12H,5-6H2,1-2H3,(H,17,22)(H2,20,21,23,24). The van der Waals surface area contributed by atoms with Gasteiger partial charge in [0.2, 0.25) is 0 Å². The number of imide groups is 1. The van der Waals surface area contributed by atoms with Gasteiger partial charge in [-0.1, -0.05) is 0 Å². The molecule has 0 radical (unpaired) electrons. The second kappa shape index (κ2) is 6.23. The predicted octanol–water partition coefficient (Wildman–Crippen LogP) is 0.575. The molecule has 8 heteroatoms. The van der Waals surface area contributed by atoms with E-state index in [1.165, 1.54) is 0 Å². The lowest BCUT2D eigenvalue weighted by Crippen LogP contribution is -2.34. The molecule has 8 nitrogen and oxygen atoms in total. The first-order chi connectivity index (χ1) is 11.4. The third-order valence-corrected chi connectivity index (χ3v) is 3.91. The number of aromatic nitrogens is 2. The number of fused-ring (bicyclic) bond motifs is 1. The number of nitrogens with zero attached hydrogens (tertiary/aromatic N) is 2. The van der Waals surface area contributed by atoms with Crippen LogP contribution in [0.3, 0.4) is 0 Å². The summed E-state index contributed by atoms with van der Waals surface area (Å²) in [6.07, 6.45) is 0.328. The Morgan fingerprint density at radius 2 is 1.88 bits per heavy atom. The van der Waals surface area contributed by atoms with Crippen molar-refractivity contribution in [3.8, 4) is 0 Å². The van der Waals surface area contributed by atoms with Crippen molar-refractivity contribution in [3.05, 3.63) is 35.2 Å². The smallest absolute Gasteiger partial charge is 0.322 e. The summed E-state index contributed by atoms with van der Waals surface area (Å²) in [6.45, 7) is 4.03. The highest BCUT2D eigenvalue weighted by Gasteiger charge is 2.28. The van der Waals surface area contributed by atoms with Crippen molar-refractivity contribution >= 4 is 28.9 Å². The molecule has 1 saturated heterocycles. The molecule has 0 aliphatic carbocycles. The first kappa shape index (κ1) is 15.9. The fourth-order valence-electron chi connectivity index (χ4n) is 2.47. The number of urea groups is 1. The fourth-order valence-corrected chi connectivity index (χ4v) is 2.47. The molecule has 2 aromatic rings. The summed E-state index contributed by atoms with van der Waals surface area (Å²) in [7, 11) is 0. The molecule has 0 bridgehead atoms. The molecule has 2 heterocycles. The second-order valence-electron chi connectivity index (χ2n) is 5.66. The Bertz CT molecular complexity index is 849. The molecular formula is C16H17N5O3. The van der Waals surface area contributed by atoms with Crippen molar-refractivity contribution in [2.75, 3.05) is 6.54 Å². The average Bonchev–Trinajstić information content (AvgIpc) is 2.85. The predicted molar refractivity (Wildman–Crippen MR) is 86.4 cm³/mol. The SMILES string of the molecule is Cc1nc2ccc(C(=O)NCCC3NC(=O)NC3=O)cc2nc1C. The lowest BCUT2D eigenvalue weighted by Gasteiger charge is -2.09. The number of carbonyl (C=O) groups is 3. The Morgan fingerprint density at radius 3 is 2.54 bits per heavy atom. The zero-order chi connectivity index (χ0) is 17.3. The van der Waals surface area contributed by atoms with Crippen molar-refractivity contribution in [2.45, 2.75) is 26.3 Å². The van der Waals surface area contributed by atoms with E-state index in [4.69, 9.17) is 0 Å². The first-order valence-electron chi connectivity index (χ1n) is 7.58. The number of carbonyl (C=O) groups excluding carboxylic acids is 3. The molecule has 1 aromatic heterocycles. The van der Waals surface area contributed by atoms with Crippen LogP contribution in [0.15, 0.2) is 18.2 Å². The van der Waals surface area contributed by atoms with Gasteiger partial charge in [-0.05, 0) is 38.5 Å². The molecule has 4 amide bonds. The van der Waals surface area contributed by atoms with Crippen LogP contribution in [0.1, 0.15) is 28.2 Å². The fraction of sp³-hybridized carbons (Fsp3) is 0.312. The van der Waals surface area contributed by atoms with E-state index in [0.29, 0.717) is 17.5 Å². The van der Waals surface area contributed by atoms with Gasteiger partial charge < -0.3 is 10.6 Å². The zero-order valence-electron chi connectivity index (χ0n) is 13.3. The van der Waals surface area contributed by atoms with Crippen LogP contribution >= 0.6 is 0 Å². The van der Waals surface area contributed by atoms with Gasteiger partial charge in [0.05, 0.1) is 22.4 Å². The molecule has 1 aliphatic heterocycles. The van der Waals surface area contributed by atoms with Gasteiger partial charge in [0, 0.05) is 12.1 Å². The van der Waals surface area contributed by atoms with Crippen molar-refractivity contribution in [1.29, 1.82) is 0 Å². The Labute approximate surface area is 138 Å². The van der Waals surface area contributed by atoms with Gasteiger partial charge in [-0.15, -0.1) is 0 Å². The second-order valence-corrected chi connectivity index (χ2v) is 5.66. The lowest BCUT2D eigenvalue weighted by atomic mass is 10.1. The Balaban J connectivity index is 1.64. The van der Waals surface area contributed by atoms with E-state index in [-0.39, 0.29) is 18.4 Å². The maximum Gasteiger partial charge on any atom is 0.322 e. The summed E-state index contributed by atoms with van der Waals surface area (Å²) in [5.74, 6) is -0.636. The van der Waals surface area contributed by atoms with Gasteiger partial charge in [0.25, 0.3) is 11.8 Å². The molecule has 124 valence electrons. The molecule has 0 saturated carbocycles. The van der Waals surface area contributed by atoms with E-state index in [9.17, 15) is 14.4 Å². The summed E-state index contributed by atoms with van der Waals surface area (Å²) < 4.78 is 0. The van der Waals surface area contributed by atoms with Crippen molar-refractivity contribution in [1.82, 2.24) is 25.9 Å². The monoisotopic (exact) mass is 327 g/mol. The average molecular weight is 327 g/mol. The van der Waals surface area contributed by atoms with Crippen LogP contribution in [0.4, 0.5) is 4.79 Å². The number of hydrogen-bond acceptors (Lipinski definition) is 5. The molecule has 1 aromatic carbocycles. The summed E-state index contributed by atoms with van der Waals surface area (Å²) in [5.41, 5.74) is 3.55. The van der Waals surface area contributed by atoms with Crippen LogP contribution in [-0.4, -0.2) is 40.4 Å². The minimum absolute atomic E-state index is 0.262. The summed E-state index contributed by atoms with van der Waals surface area (Å²) in [6, 6.07) is 4.02. The minimum Gasteiger partial charge on any atom is -0.352 e. The van der Waals surface area contributed by atoms with Gasteiger partial charge in [0.1, 0.15) is 6.04 Å². The largest absolute Gasteiger partial charge is 0.352 e. The normalized spacial score (nSPS) is 16.8. The van der Waals surface area contributed by atoms with E-state index >= 15 is 0 Å². The van der Waals surface area contributed by atoms with Crippen LogP contribution in [0.5, 0.6) is 0 Å². The van der Waals surface area contributed by atoms with Crippen molar-refractivity contribution < 1.29 is 14.4 Å². The van der Waals surface area contributed by atoms with E-state index in [0.717, 1.165) is 16.9 Å². The maximum atomic E-state index is 12.2. The molecular weight excluding hydrogens is 310 g/mol. The molecule has 3 N–H and O–H groups in total. The summed E-state index contributed by atoms with van der Waals surface area (Å²) in [4.78, 5) is 43.5. The Hall–Kier alpha value is -3.03. The summed E-state index contributed by atoms with van der Waals surface area (Å²) in [5, 5.41) is 7.37. The number of nitrogens with one attached hydrogen (secondary N) is 3. The zero-order valence-corrected chi connectivity index (χ0v) is 13.3. The van der Waals surface area contributed by atoms with Crippen molar-refractivity contribution in [3.63, 3.8) is 0 Å². The third kappa shape index (κ3) is 3.17. The highest BCUT2D eigenvalue weighted by Crippen LogP contribution is 2.14. The Morgan fingerprint density at radius 1 is 1.17 bits per heavy atom. The van der Waals surface area contributed by atoms with Crippen LogP contribution < -0.4 is 16.0 Å². The Kier molecular flexibility index (Phi) is 4.11. The highest BCUT2D eigenvalue weighted by molar-refractivity contribution is 6.04. The highest BCUT2D eigenvalue weighted by atomic mass is 16.2. The molecule has 3 rings (SSSR count).